The van der Waals surface area contributed by atoms with Gasteiger partial charge in [-0.25, -0.2) is 4.79 Å². The summed E-state index contributed by atoms with van der Waals surface area (Å²) in [6.07, 6.45) is 4.44. The number of fused-ring (bicyclic) bond motifs is 1. The van der Waals surface area contributed by atoms with Gasteiger partial charge in [0, 0.05) is 36.7 Å². The quantitative estimate of drug-likeness (QED) is 0.423. The first-order valence-electron chi connectivity index (χ1n) is 11.2. The second kappa shape index (κ2) is 8.97. The molecule has 0 saturated heterocycles. The smallest absolute Gasteiger partial charge is 0.354 e. The van der Waals surface area contributed by atoms with Crippen molar-refractivity contribution in [1.82, 2.24) is 29.7 Å². The van der Waals surface area contributed by atoms with E-state index in [0.717, 1.165) is 41.0 Å². The molecule has 34 heavy (non-hydrogen) atoms. The zero-order valence-electron chi connectivity index (χ0n) is 19.4. The Morgan fingerprint density at radius 3 is 2.74 bits per heavy atom. The molecule has 1 aliphatic rings. The number of aryl methyl sites for hydroxylation is 1. The maximum atomic E-state index is 12.3. The number of esters is 1. The molecule has 0 atom stereocenters. The fraction of sp³-hybridized carbons (Fsp3) is 0.292. The summed E-state index contributed by atoms with van der Waals surface area (Å²) in [5.74, 6) is 1.43. The predicted octanol–water partition coefficient (Wildman–Crippen LogP) is 3.39. The molecule has 174 valence electrons. The van der Waals surface area contributed by atoms with Crippen LogP contribution in [0.3, 0.4) is 0 Å². The normalized spacial score (nSPS) is 13.0. The molecule has 0 aliphatic carbocycles. The Kier molecular flexibility index (Phi) is 5.70. The van der Waals surface area contributed by atoms with Crippen LogP contribution in [0.25, 0.3) is 11.1 Å². The van der Waals surface area contributed by atoms with Crippen molar-refractivity contribution < 1.29 is 9.53 Å². The minimum atomic E-state index is -0.299. The molecular weight excluding hydrogens is 432 g/mol. The number of aromatic amines is 1. The highest BCUT2D eigenvalue weighted by Gasteiger charge is 2.26. The van der Waals surface area contributed by atoms with Gasteiger partial charge in [0.25, 0.3) is 0 Å². The van der Waals surface area contributed by atoms with E-state index in [1.54, 1.807) is 6.20 Å². The summed E-state index contributed by atoms with van der Waals surface area (Å²) in [5, 5.41) is 10.1. The molecule has 4 aromatic rings. The lowest BCUT2D eigenvalue weighted by Crippen LogP contribution is -2.33. The summed E-state index contributed by atoms with van der Waals surface area (Å²) in [4.78, 5) is 28.1. The largest absolute Gasteiger partial charge is 0.461 e. The maximum absolute atomic E-state index is 12.3. The third-order valence-corrected chi connectivity index (χ3v) is 5.91. The van der Waals surface area contributed by atoms with Gasteiger partial charge in [0.1, 0.15) is 11.5 Å². The van der Waals surface area contributed by atoms with E-state index in [-0.39, 0.29) is 5.97 Å². The number of hydrogen-bond donors (Lipinski definition) is 2. The number of aromatic nitrogens is 6. The Bertz CT molecular complexity index is 1310. The number of nitrogens with zero attached hydrogens (tertiary/aromatic N) is 6. The molecule has 1 aliphatic heterocycles. The summed E-state index contributed by atoms with van der Waals surface area (Å²) >= 11 is 0. The molecule has 2 N–H and O–H groups in total. The van der Waals surface area contributed by atoms with Crippen LogP contribution in [-0.2, 0) is 24.8 Å². The fourth-order valence-electron chi connectivity index (χ4n) is 4.17. The fourth-order valence-corrected chi connectivity index (χ4v) is 4.17. The molecule has 10 nitrogen and oxygen atoms in total. The predicted molar refractivity (Wildman–Crippen MR) is 128 cm³/mol. The van der Waals surface area contributed by atoms with Crippen molar-refractivity contribution in [3.8, 4) is 11.1 Å². The number of rotatable bonds is 6. The number of hydrogen-bond acceptors (Lipinski definition) is 8. The Morgan fingerprint density at radius 2 is 2.00 bits per heavy atom. The highest BCUT2D eigenvalue weighted by molar-refractivity contribution is 5.88. The second-order valence-electron chi connectivity index (χ2n) is 8.15. The van der Waals surface area contributed by atoms with Crippen LogP contribution in [0.15, 0.2) is 42.7 Å². The van der Waals surface area contributed by atoms with Crippen LogP contribution < -0.4 is 10.2 Å². The lowest BCUT2D eigenvalue weighted by Gasteiger charge is -2.28. The molecule has 5 rings (SSSR count). The van der Waals surface area contributed by atoms with Crippen LogP contribution in [-0.4, -0.2) is 48.8 Å². The van der Waals surface area contributed by atoms with Gasteiger partial charge >= 0.3 is 5.97 Å². The molecule has 0 fully saturated rings. The SMILES string of the molecule is CCOC(=O)c1cc2c(n1C)CN(c1nc(C)nc(Nc3ccc(-c4cn[nH]c4)cc3)n1)CC2. The number of nitrogens with one attached hydrogen (secondary N) is 2. The number of ether oxygens (including phenoxy) is 1. The summed E-state index contributed by atoms with van der Waals surface area (Å²) < 4.78 is 7.11. The number of anilines is 3. The third kappa shape index (κ3) is 4.21. The van der Waals surface area contributed by atoms with Crippen molar-refractivity contribution in [2.24, 2.45) is 7.05 Å². The molecule has 0 amide bonds. The van der Waals surface area contributed by atoms with Crippen LogP contribution in [0, 0.1) is 6.92 Å². The van der Waals surface area contributed by atoms with Gasteiger partial charge in [0.2, 0.25) is 11.9 Å². The topological polar surface area (TPSA) is 114 Å². The van der Waals surface area contributed by atoms with Gasteiger partial charge in [-0.05, 0) is 49.6 Å². The van der Waals surface area contributed by atoms with Crippen molar-refractivity contribution in [2.45, 2.75) is 26.8 Å². The highest BCUT2D eigenvalue weighted by Crippen LogP contribution is 2.27. The van der Waals surface area contributed by atoms with Gasteiger partial charge in [0.15, 0.2) is 0 Å². The minimum Gasteiger partial charge on any atom is -0.461 e. The molecule has 0 saturated carbocycles. The number of benzene rings is 1. The first-order valence-corrected chi connectivity index (χ1v) is 11.2. The van der Waals surface area contributed by atoms with E-state index in [4.69, 9.17) is 4.74 Å². The van der Waals surface area contributed by atoms with Gasteiger partial charge in [-0.2, -0.15) is 20.1 Å². The van der Waals surface area contributed by atoms with E-state index in [2.05, 4.69) is 35.4 Å². The standard InChI is InChI=1S/C24H26N8O2/c1-4-34-22(33)20-11-17-9-10-32(14-21(17)31(20)3)24-28-15(2)27-23(30-24)29-19-7-5-16(6-8-19)18-12-25-26-13-18/h5-8,11-13H,4,9-10,14H2,1-3H3,(H,25,26)(H,27,28,29,30). The van der Waals surface area contributed by atoms with E-state index in [1.807, 2.05) is 62.0 Å². The van der Waals surface area contributed by atoms with Gasteiger partial charge in [0.05, 0.1) is 19.3 Å². The average Bonchev–Trinajstić information content (AvgIpc) is 3.48. The van der Waals surface area contributed by atoms with Gasteiger partial charge in [-0.1, -0.05) is 12.1 Å². The van der Waals surface area contributed by atoms with Crippen molar-refractivity contribution in [2.75, 3.05) is 23.4 Å². The Labute approximate surface area is 197 Å². The summed E-state index contributed by atoms with van der Waals surface area (Å²) in [5.41, 5.74) is 5.77. The third-order valence-electron chi connectivity index (χ3n) is 5.91. The van der Waals surface area contributed by atoms with E-state index < -0.39 is 0 Å². The van der Waals surface area contributed by atoms with E-state index >= 15 is 0 Å². The number of carbonyl (C=O) groups excluding carboxylic acids is 1. The van der Waals surface area contributed by atoms with E-state index in [9.17, 15) is 4.79 Å². The number of carbonyl (C=O) groups is 1. The summed E-state index contributed by atoms with van der Waals surface area (Å²) in [7, 11) is 1.90. The first kappa shape index (κ1) is 21.6. The Balaban J connectivity index is 1.35. The van der Waals surface area contributed by atoms with Crippen LogP contribution in [0.5, 0.6) is 0 Å². The molecule has 0 bridgehead atoms. The van der Waals surface area contributed by atoms with Crippen LogP contribution >= 0.6 is 0 Å². The molecule has 3 aromatic heterocycles. The zero-order chi connectivity index (χ0) is 23.7. The van der Waals surface area contributed by atoms with Crippen LogP contribution in [0.4, 0.5) is 17.6 Å². The minimum absolute atomic E-state index is 0.299. The Hall–Kier alpha value is -4.21. The molecule has 0 radical (unpaired) electrons. The molecular formula is C24H26N8O2. The van der Waals surface area contributed by atoms with E-state index in [1.165, 1.54) is 0 Å². The zero-order valence-corrected chi connectivity index (χ0v) is 19.4. The first-order chi connectivity index (χ1) is 16.5. The lowest BCUT2D eigenvalue weighted by molar-refractivity contribution is 0.0515. The lowest BCUT2D eigenvalue weighted by atomic mass is 10.1. The summed E-state index contributed by atoms with van der Waals surface area (Å²) in [6, 6.07) is 9.93. The van der Waals surface area contributed by atoms with Crippen molar-refractivity contribution in [3.05, 3.63) is 65.5 Å². The maximum Gasteiger partial charge on any atom is 0.354 e. The van der Waals surface area contributed by atoms with Crippen LogP contribution in [0.1, 0.15) is 34.5 Å². The van der Waals surface area contributed by atoms with Crippen molar-refractivity contribution in [1.29, 1.82) is 0 Å². The van der Waals surface area contributed by atoms with Crippen molar-refractivity contribution >= 4 is 23.6 Å². The Morgan fingerprint density at radius 1 is 1.18 bits per heavy atom. The van der Waals surface area contributed by atoms with Crippen LogP contribution in [0.2, 0.25) is 0 Å². The number of H-pyrrole nitrogens is 1. The van der Waals surface area contributed by atoms with E-state index in [0.29, 0.717) is 36.6 Å². The van der Waals surface area contributed by atoms with Crippen molar-refractivity contribution in [3.63, 3.8) is 0 Å². The average molecular weight is 459 g/mol. The van der Waals surface area contributed by atoms with Gasteiger partial charge < -0.3 is 19.5 Å². The molecule has 0 unspecified atom stereocenters. The van der Waals surface area contributed by atoms with Gasteiger partial charge in [-0.15, -0.1) is 0 Å². The monoisotopic (exact) mass is 458 g/mol. The summed E-state index contributed by atoms with van der Waals surface area (Å²) in [6.45, 7) is 5.38. The highest BCUT2D eigenvalue weighted by atomic mass is 16.5. The molecule has 0 spiro atoms. The van der Waals surface area contributed by atoms with Gasteiger partial charge in [-0.3, -0.25) is 5.10 Å². The second-order valence-corrected chi connectivity index (χ2v) is 8.15. The molecule has 4 heterocycles. The molecule has 1 aromatic carbocycles. The molecule has 10 heteroatoms.